The minimum atomic E-state index is -0.521. The Hall–Kier alpha value is -1.98. The molecular weight excluding hydrogens is 340 g/mol. The van der Waals surface area contributed by atoms with E-state index in [0.29, 0.717) is 42.8 Å². The number of non-ortho nitro benzene ring substituents is 1. The summed E-state index contributed by atoms with van der Waals surface area (Å²) in [7, 11) is 0. The molecule has 0 saturated carbocycles. The molecule has 0 N–H and O–H groups in total. The highest BCUT2D eigenvalue weighted by Gasteiger charge is 2.23. The number of nitro benzene ring substituents is 1. The largest absolute Gasteiger partial charge is 0.336 e. The number of nitro groups is 1. The van der Waals surface area contributed by atoms with Gasteiger partial charge in [-0.1, -0.05) is 15.9 Å². The standard InChI is InChI=1S/C13H13BrN4O3/c14-11-7-10(8-12(9-11)18(20)21)13(19)17-5-3-16(2-1-15)4-6-17/h7-9H,2-6H2. The maximum atomic E-state index is 12.4. The van der Waals surface area contributed by atoms with E-state index in [1.165, 1.54) is 12.1 Å². The van der Waals surface area contributed by atoms with Gasteiger partial charge < -0.3 is 4.90 Å². The normalized spacial score (nSPS) is 15.5. The van der Waals surface area contributed by atoms with Crippen LogP contribution in [0.2, 0.25) is 0 Å². The highest BCUT2D eigenvalue weighted by molar-refractivity contribution is 9.10. The van der Waals surface area contributed by atoms with Crippen LogP contribution in [-0.4, -0.2) is 53.4 Å². The van der Waals surface area contributed by atoms with Gasteiger partial charge in [0.2, 0.25) is 0 Å². The highest BCUT2D eigenvalue weighted by Crippen LogP contribution is 2.22. The lowest BCUT2D eigenvalue weighted by atomic mass is 10.1. The second-order valence-electron chi connectivity index (χ2n) is 4.68. The summed E-state index contributed by atoms with van der Waals surface area (Å²) in [4.78, 5) is 26.3. The minimum absolute atomic E-state index is 0.115. The van der Waals surface area contributed by atoms with Crippen molar-refractivity contribution in [3.05, 3.63) is 38.3 Å². The summed E-state index contributed by atoms with van der Waals surface area (Å²) in [6.45, 7) is 2.65. The quantitative estimate of drug-likeness (QED) is 0.468. The van der Waals surface area contributed by atoms with E-state index in [9.17, 15) is 14.9 Å². The van der Waals surface area contributed by atoms with Gasteiger partial charge in [-0.3, -0.25) is 19.8 Å². The Morgan fingerprint density at radius 3 is 2.57 bits per heavy atom. The van der Waals surface area contributed by atoms with Gasteiger partial charge in [-0.15, -0.1) is 0 Å². The van der Waals surface area contributed by atoms with Gasteiger partial charge in [0.15, 0.2) is 0 Å². The van der Waals surface area contributed by atoms with Crippen molar-refractivity contribution in [2.24, 2.45) is 0 Å². The Labute approximate surface area is 130 Å². The number of amides is 1. The van der Waals surface area contributed by atoms with Crippen molar-refractivity contribution in [2.75, 3.05) is 32.7 Å². The average Bonchev–Trinajstić information content (AvgIpc) is 2.47. The second-order valence-corrected chi connectivity index (χ2v) is 5.60. The summed E-state index contributed by atoms with van der Waals surface area (Å²) in [5.74, 6) is -0.226. The molecule has 0 bridgehead atoms. The third-order valence-electron chi connectivity index (χ3n) is 3.29. The van der Waals surface area contributed by atoms with Gasteiger partial charge in [0.05, 0.1) is 17.5 Å². The Morgan fingerprint density at radius 1 is 1.33 bits per heavy atom. The summed E-state index contributed by atoms with van der Waals surface area (Å²) in [5, 5.41) is 19.5. The zero-order chi connectivity index (χ0) is 15.4. The SMILES string of the molecule is N#CCN1CCN(C(=O)c2cc(Br)cc([N+](=O)[O-])c2)CC1. The minimum Gasteiger partial charge on any atom is -0.336 e. The number of nitrogens with zero attached hydrogens (tertiary/aromatic N) is 4. The molecular formula is C13H13BrN4O3. The van der Waals surface area contributed by atoms with Crippen LogP contribution in [0.5, 0.6) is 0 Å². The van der Waals surface area contributed by atoms with Crippen molar-refractivity contribution >= 4 is 27.5 Å². The van der Waals surface area contributed by atoms with E-state index in [2.05, 4.69) is 22.0 Å². The van der Waals surface area contributed by atoms with Gasteiger partial charge >= 0.3 is 0 Å². The number of piperazine rings is 1. The van der Waals surface area contributed by atoms with Gasteiger partial charge in [0.1, 0.15) is 0 Å². The summed E-state index contributed by atoms with van der Waals surface area (Å²) in [6, 6.07) is 6.31. The molecule has 1 aliphatic heterocycles. The summed E-state index contributed by atoms with van der Waals surface area (Å²) >= 11 is 3.18. The van der Waals surface area contributed by atoms with Crippen LogP contribution < -0.4 is 0 Å². The molecule has 7 nitrogen and oxygen atoms in total. The Kier molecular flexibility index (Phi) is 4.88. The summed E-state index contributed by atoms with van der Waals surface area (Å²) in [6.07, 6.45) is 0. The smallest absolute Gasteiger partial charge is 0.271 e. The van der Waals surface area contributed by atoms with Gasteiger partial charge in [-0.25, -0.2) is 0 Å². The molecule has 1 aliphatic rings. The van der Waals surface area contributed by atoms with Crippen molar-refractivity contribution in [3.63, 3.8) is 0 Å². The number of rotatable bonds is 3. The molecule has 1 fully saturated rings. The highest BCUT2D eigenvalue weighted by atomic mass is 79.9. The predicted molar refractivity (Wildman–Crippen MR) is 78.8 cm³/mol. The average molecular weight is 353 g/mol. The van der Waals surface area contributed by atoms with E-state index in [0.717, 1.165) is 0 Å². The number of halogens is 1. The fourth-order valence-corrected chi connectivity index (χ4v) is 2.68. The van der Waals surface area contributed by atoms with E-state index in [1.807, 2.05) is 4.90 Å². The molecule has 1 aromatic carbocycles. The Morgan fingerprint density at radius 2 is 2.00 bits per heavy atom. The van der Waals surface area contributed by atoms with Gasteiger partial charge in [-0.05, 0) is 6.07 Å². The van der Waals surface area contributed by atoms with Crippen LogP contribution in [0.4, 0.5) is 5.69 Å². The van der Waals surface area contributed by atoms with Crippen LogP contribution in [0, 0.1) is 21.4 Å². The first kappa shape index (κ1) is 15.4. The zero-order valence-electron chi connectivity index (χ0n) is 11.2. The van der Waals surface area contributed by atoms with Crippen molar-refractivity contribution < 1.29 is 9.72 Å². The fraction of sp³-hybridized carbons (Fsp3) is 0.385. The van der Waals surface area contributed by atoms with E-state index in [1.54, 1.807) is 11.0 Å². The third kappa shape index (κ3) is 3.77. The first-order chi connectivity index (χ1) is 10.0. The molecule has 110 valence electrons. The lowest BCUT2D eigenvalue weighted by Gasteiger charge is -2.33. The van der Waals surface area contributed by atoms with E-state index in [4.69, 9.17) is 5.26 Å². The third-order valence-corrected chi connectivity index (χ3v) is 3.75. The van der Waals surface area contributed by atoms with Crippen LogP contribution >= 0.6 is 15.9 Å². The second kappa shape index (κ2) is 6.65. The van der Waals surface area contributed by atoms with Crippen molar-refractivity contribution in [2.45, 2.75) is 0 Å². The molecule has 2 rings (SSSR count). The molecule has 0 atom stereocenters. The lowest BCUT2D eigenvalue weighted by molar-refractivity contribution is -0.385. The lowest BCUT2D eigenvalue weighted by Crippen LogP contribution is -2.48. The monoisotopic (exact) mass is 352 g/mol. The Balaban J connectivity index is 2.11. The molecule has 1 aromatic rings. The van der Waals surface area contributed by atoms with Gasteiger partial charge in [0.25, 0.3) is 11.6 Å². The summed E-state index contributed by atoms with van der Waals surface area (Å²) < 4.78 is 0.503. The van der Waals surface area contributed by atoms with Crippen LogP contribution in [0.3, 0.4) is 0 Å². The molecule has 0 aromatic heterocycles. The van der Waals surface area contributed by atoms with E-state index < -0.39 is 4.92 Å². The fourth-order valence-electron chi connectivity index (χ4n) is 2.19. The Bertz CT molecular complexity index is 606. The molecule has 0 spiro atoms. The van der Waals surface area contributed by atoms with Crippen LogP contribution in [-0.2, 0) is 0 Å². The maximum absolute atomic E-state index is 12.4. The van der Waals surface area contributed by atoms with Crippen molar-refractivity contribution in [3.8, 4) is 6.07 Å². The van der Waals surface area contributed by atoms with Crippen LogP contribution in [0.1, 0.15) is 10.4 Å². The molecule has 0 aliphatic carbocycles. The number of carbonyl (C=O) groups excluding carboxylic acids is 1. The van der Waals surface area contributed by atoms with E-state index in [-0.39, 0.29) is 11.6 Å². The predicted octanol–water partition coefficient (Wildman–Crippen LogP) is 1.64. The molecule has 1 heterocycles. The van der Waals surface area contributed by atoms with Crippen molar-refractivity contribution in [1.82, 2.24) is 9.80 Å². The first-order valence-electron chi connectivity index (χ1n) is 6.35. The number of nitriles is 1. The topological polar surface area (TPSA) is 90.5 Å². The van der Waals surface area contributed by atoms with Gasteiger partial charge in [0, 0.05) is 48.3 Å². The number of benzene rings is 1. The van der Waals surface area contributed by atoms with Crippen LogP contribution in [0.25, 0.3) is 0 Å². The van der Waals surface area contributed by atoms with Gasteiger partial charge in [-0.2, -0.15) is 5.26 Å². The molecule has 21 heavy (non-hydrogen) atoms. The van der Waals surface area contributed by atoms with Crippen LogP contribution in [0.15, 0.2) is 22.7 Å². The molecule has 1 saturated heterocycles. The number of carbonyl (C=O) groups is 1. The summed E-state index contributed by atoms with van der Waals surface area (Å²) in [5.41, 5.74) is 0.181. The van der Waals surface area contributed by atoms with Crippen molar-refractivity contribution in [1.29, 1.82) is 5.26 Å². The maximum Gasteiger partial charge on any atom is 0.271 e. The molecule has 0 unspecified atom stereocenters. The number of hydrogen-bond acceptors (Lipinski definition) is 5. The first-order valence-corrected chi connectivity index (χ1v) is 7.14. The van der Waals surface area contributed by atoms with E-state index >= 15 is 0 Å². The number of hydrogen-bond donors (Lipinski definition) is 0. The zero-order valence-corrected chi connectivity index (χ0v) is 12.7. The molecule has 1 amide bonds. The molecule has 8 heteroatoms. The molecule has 0 radical (unpaired) electrons.